The zero-order valence-corrected chi connectivity index (χ0v) is 16.8. The van der Waals surface area contributed by atoms with E-state index in [0.717, 1.165) is 15.4 Å². The Morgan fingerprint density at radius 3 is 2.12 bits per heavy atom. The Labute approximate surface area is 162 Å². The zero-order chi connectivity index (χ0) is 18.9. The highest BCUT2D eigenvalue weighted by Crippen LogP contribution is 2.33. The fourth-order valence-corrected chi connectivity index (χ4v) is 5.02. The Morgan fingerprint density at radius 1 is 1.04 bits per heavy atom. The molecule has 2 rings (SSSR count). The molecule has 0 aliphatic rings. The summed E-state index contributed by atoms with van der Waals surface area (Å²) < 4.78 is 27.5. The lowest BCUT2D eigenvalue weighted by atomic mass is 10.1. The van der Waals surface area contributed by atoms with Crippen molar-refractivity contribution < 1.29 is 13.2 Å². The number of rotatable bonds is 5. The number of hydrogen-bond donors (Lipinski definition) is 0. The predicted molar refractivity (Wildman–Crippen MR) is 102 cm³/mol. The van der Waals surface area contributed by atoms with Gasteiger partial charge in [-0.1, -0.05) is 29.3 Å². The second kappa shape index (κ2) is 7.54. The van der Waals surface area contributed by atoms with E-state index in [1.807, 2.05) is 19.9 Å². The fraction of sp³-hybridized carbons (Fsp3) is 0.235. The molecule has 25 heavy (non-hydrogen) atoms. The first-order chi connectivity index (χ1) is 11.5. The van der Waals surface area contributed by atoms with E-state index in [2.05, 4.69) is 0 Å². The first kappa shape index (κ1) is 20.0. The molecule has 0 N–H and O–H groups in total. The van der Waals surface area contributed by atoms with Crippen molar-refractivity contribution in [1.82, 2.24) is 0 Å². The highest BCUT2D eigenvalue weighted by Gasteiger charge is 2.34. The third-order valence-electron chi connectivity index (χ3n) is 3.57. The van der Waals surface area contributed by atoms with Gasteiger partial charge in [0.1, 0.15) is 10.9 Å². The normalized spacial score (nSPS) is 12.7. The van der Waals surface area contributed by atoms with E-state index < -0.39 is 21.3 Å². The van der Waals surface area contributed by atoms with Crippen LogP contribution in [0.1, 0.15) is 18.1 Å². The minimum Gasteiger partial charge on any atom is -0.279 e. The Morgan fingerprint density at radius 2 is 1.60 bits per heavy atom. The molecule has 2 aromatic rings. The Hall–Kier alpha value is -1.27. The molecule has 0 heterocycles. The smallest absolute Gasteiger partial charge is 0.266 e. The topological polar surface area (TPSA) is 54.5 Å². The lowest BCUT2D eigenvalue weighted by Crippen LogP contribution is -2.42. The highest BCUT2D eigenvalue weighted by atomic mass is 35.5. The summed E-state index contributed by atoms with van der Waals surface area (Å²) in [6.07, 6.45) is 0. The van der Waals surface area contributed by atoms with Gasteiger partial charge in [0, 0.05) is 5.02 Å². The number of anilines is 1. The highest BCUT2D eigenvalue weighted by molar-refractivity contribution is 7.93. The summed E-state index contributed by atoms with van der Waals surface area (Å²) in [5.74, 6) is 0. The van der Waals surface area contributed by atoms with Crippen LogP contribution in [0.25, 0.3) is 0 Å². The summed E-state index contributed by atoms with van der Waals surface area (Å²) in [4.78, 5) is 11.6. The van der Waals surface area contributed by atoms with Gasteiger partial charge in [0.15, 0.2) is 0 Å². The maximum atomic E-state index is 13.2. The number of hydrogen-bond acceptors (Lipinski definition) is 3. The van der Waals surface area contributed by atoms with Crippen LogP contribution in [0, 0.1) is 13.8 Å². The van der Waals surface area contributed by atoms with Gasteiger partial charge in [-0.05, 0) is 73.8 Å². The van der Waals surface area contributed by atoms with Gasteiger partial charge in [0.2, 0.25) is 5.24 Å². The van der Waals surface area contributed by atoms with Gasteiger partial charge in [-0.15, -0.1) is 0 Å². The second-order valence-electron chi connectivity index (χ2n) is 5.70. The molecule has 0 spiro atoms. The summed E-state index contributed by atoms with van der Waals surface area (Å²) in [5.41, 5.74) is 2.03. The molecule has 1 unspecified atom stereocenters. The fourth-order valence-electron chi connectivity index (χ4n) is 2.52. The average molecular weight is 421 g/mol. The molecule has 1 atom stereocenters. The van der Waals surface area contributed by atoms with Crippen molar-refractivity contribution in [1.29, 1.82) is 0 Å². The van der Waals surface area contributed by atoms with Crippen LogP contribution >= 0.6 is 34.8 Å². The first-order valence-electron chi connectivity index (χ1n) is 7.31. The molecule has 0 fully saturated rings. The van der Waals surface area contributed by atoms with Gasteiger partial charge in [-0.2, -0.15) is 0 Å². The number of carbonyl (C=O) groups is 1. The molecule has 0 aliphatic heterocycles. The predicted octanol–water partition coefficient (Wildman–Crippen LogP) is 4.96. The molecule has 0 saturated carbocycles. The molecule has 0 saturated heterocycles. The molecular formula is C17H16Cl3NO3S. The van der Waals surface area contributed by atoms with E-state index in [1.165, 1.54) is 25.1 Å². The molecule has 0 radical (unpaired) electrons. The van der Waals surface area contributed by atoms with Crippen molar-refractivity contribution in [2.45, 2.75) is 31.7 Å². The van der Waals surface area contributed by atoms with Crippen molar-refractivity contribution in [2.75, 3.05) is 4.31 Å². The SMILES string of the molecule is Cc1cc(C)cc(N(C(C)C(=O)Cl)S(=O)(=O)c2cc(Cl)ccc2Cl)c1. The van der Waals surface area contributed by atoms with Crippen molar-refractivity contribution in [3.8, 4) is 0 Å². The second-order valence-corrected chi connectivity index (χ2v) is 8.70. The van der Waals surface area contributed by atoms with Crippen LogP contribution < -0.4 is 4.31 Å². The Bertz CT molecular complexity index is 908. The van der Waals surface area contributed by atoms with Gasteiger partial charge < -0.3 is 0 Å². The van der Waals surface area contributed by atoms with Crippen LogP contribution in [0.2, 0.25) is 10.0 Å². The van der Waals surface area contributed by atoms with Crippen molar-refractivity contribution in [3.05, 3.63) is 57.6 Å². The maximum Gasteiger partial charge on any atom is 0.266 e. The summed E-state index contributed by atoms with van der Waals surface area (Å²) >= 11 is 17.6. The third kappa shape index (κ3) is 4.29. The Balaban J connectivity index is 2.74. The van der Waals surface area contributed by atoms with Gasteiger partial charge >= 0.3 is 0 Å². The number of benzene rings is 2. The van der Waals surface area contributed by atoms with Gasteiger partial charge in [0.25, 0.3) is 10.0 Å². The molecule has 4 nitrogen and oxygen atoms in total. The van der Waals surface area contributed by atoms with Crippen LogP contribution in [0.5, 0.6) is 0 Å². The molecule has 8 heteroatoms. The summed E-state index contributed by atoms with van der Waals surface area (Å²) in [7, 11) is -4.17. The number of carbonyl (C=O) groups excluding carboxylic acids is 1. The van der Waals surface area contributed by atoms with E-state index in [9.17, 15) is 13.2 Å². The quantitative estimate of drug-likeness (QED) is 0.642. The third-order valence-corrected chi connectivity index (χ3v) is 6.50. The standard InChI is InChI=1S/C17H16Cl3NO3S/c1-10-6-11(2)8-14(7-10)21(12(3)17(20)22)25(23,24)16-9-13(18)4-5-15(16)19/h4-9,12H,1-3H3. The van der Waals surface area contributed by atoms with E-state index in [1.54, 1.807) is 12.1 Å². The Kier molecular flexibility index (Phi) is 6.05. The number of sulfonamides is 1. The van der Waals surface area contributed by atoms with E-state index in [-0.39, 0.29) is 14.9 Å². The molecule has 134 valence electrons. The van der Waals surface area contributed by atoms with E-state index in [4.69, 9.17) is 34.8 Å². The van der Waals surface area contributed by atoms with E-state index in [0.29, 0.717) is 5.69 Å². The van der Waals surface area contributed by atoms with Gasteiger partial charge in [0.05, 0.1) is 10.7 Å². The molecular weight excluding hydrogens is 405 g/mol. The van der Waals surface area contributed by atoms with Crippen molar-refractivity contribution >= 4 is 55.8 Å². The van der Waals surface area contributed by atoms with Crippen molar-refractivity contribution in [3.63, 3.8) is 0 Å². The molecule has 0 amide bonds. The monoisotopic (exact) mass is 419 g/mol. The van der Waals surface area contributed by atoms with Gasteiger partial charge in [-0.3, -0.25) is 9.10 Å². The minimum absolute atomic E-state index is 0.00740. The number of aryl methyl sites for hydroxylation is 2. The number of halogens is 3. The molecule has 0 aromatic heterocycles. The average Bonchev–Trinajstić information content (AvgIpc) is 2.48. The summed E-state index contributed by atoms with van der Waals surface area (Å²) in [5, 5.41) is -0.581. The van der Waals surface area contributed by atoms with Crippen molar-refractivity contribution in [2.24, 2.45) is 0 Å². The maximum absolute atomic E-state index is 13.2. The lowest BCUT2D eigenvalue weighted by molar-refractivity contribution is -0.112. The van der Waals surface area contributed by atoms with Crippen LogP contribution in [0.4, 0.5) is 5.69 Å². The molecule has 2 aromatic carbocycles. The zero-order valence-electron chi connectivity index (χ0n) is 13.8. The van der Waals surface area contributed by atoms with E-state index >= 15 is 0 Å². The van der Waals surface area contributed by atoms with Crippen LogP contribution in [0.15, 0.2) is 41.3 Å². The number of nitrogens with zero attached hydrogens (tertiary/aromatic N) is 1. The summed E-state index contributed by atoms with van der Waals surface area (Å²) in [6, 6.07) is 8.24. The van der Waals surface area contributed by atoms with Gasteiger partial charge in [-0.25, -0.2) is 8.42 Å². The first-order valence-corrected chi connectivity index (χ1v) is 9.88. The van der Waals surface area contributed by atoms with Crippen LogP contribution in [0.3, 0.4) is 0 Å². The largest absolute Gasteiger partial charge is 0.279 e. The summed E-state index contributed by atoms with van der Waals surface area (Å²) in [6.45, 7) is 5.09. The molecule has 0 bridgehead atoms. The lowest BCUT2D eigenvalue weighted by Gasteiger charge is -2.29. The van der Waals surface area contributed by atoms with Crippen LogP contribution in [-0.2, 0) is 14.8 Å². The molecule has 0 aliphatic carbocycles. The van der Waals surface area contributed by atoms with Crippen LogP contribution in [-0.4, -0.2) is 19.7 Å². The minimum atomic E-state index is -4.17.